The van der Waals surface area contributed by atoms with Gasteiger partial charge in [0, 0.05) is 53.4 Å². The topological polar surface area (TPSA) is 102 Å². The second-order valence-corrected chi connectivity index (χ2v) is 14.2. The maximum Gasteiger partial charge on any atom is 0.187 e. The van der Waals surface area contributed by atoms with E-state index in [2.05, 4.69) is 48.5 Å². The molecule has 0 amide bonds. The smallest absolute Gasteiger partial charge is 0.187 e. The van der Waals surface area contributed by atoms with Crippen LogP contribution in [0.4, 0.5) is 0 Å². The Labute approximate surface area is 318 Å². The third-order valence-corrected chi connectivity index (χ3v) is 9.60. The molecule has 0 aromatic heterocycles. The number of ether oxygens (including phenoxy) is 11. The van der Waals surface area contributed by atoms with Crippen LogP contribution in [0.5, 0.6) is 0 Å². The normalized spacial score (nSPS) is 29.5. The zero-order valence-corrected chi connectivity index (χ0v) is 34.5. The summed E-state index contributed by atoms with van der Waals surface area (Å²) in [5, 5.41) is 0. The zero-order chi connectivity index (χ0) is 37.8. The van der Waals surface area contributed by atoms with E-state index in [9.17, 15) is 0 Å². The molecule has 0 aromatic rings. The lowest BCUT2D eigenvalue weighted by Gasteiger charge is -2.50. The Morgan fingerprint density at radius 3 is 1.12 bits per heavy atom. The van der Waals surface area contributed by atoms with Crippen LogP contribution >= 0.6 is 0 Å². The van der Waals surface area contributed by atoms with Gasteiger partial charge in [0.15, 0.2) is 12.6 Å². The molecule has 2 heterocycles. The van der Waals surface area contributed by atoms with Gasteiger partial charge in [0.2, 0.25) is 0 Å². The molecule has 5 unspecified atom stereocenters. The van der Waals surface area contributed by atoms with Gasteiger partial charge in [-0.05, 0) is 44.9 Å². The van der Waals surface area contributed by atoms with Crippen molar-refractivity contribution in [2.45, 2.75) is 200 Å². The van der Waals surface area contributed by atoms with E-state index in [0.29, 0.717) is 59.5 Å². The van der Waals surface area contributed by atoms with Crippen LogP contribution in [-0.2, 0) is 52.1 Å². The Kier molecular flexibility index (Phi) is 28.2. The minimum atomic E-state index is -0.811. The zero-order valence-electron chi connectivity index (χ0n) is 34.5. The number of methoxy groups -OCH3 is 1. The van der Waals surface area contributed by atoms with Gasteiger partial charge in [0.1, 0.15) is 48.8 Å². The summed E-state index contributed by atoms with van der Waals surface area (Å²) in [6.45, 7) is 20.0. The maximum absolute atomic E-state index is 7.18. The van der Waals surface area contributed by atoms with Gasteiger partial charge in [-0.3, -0.25) is 0 Å². The monoisotopic (exact) mass is 749 g/mol. The van der Waals surface area contributed by atoms with Crippen molar-refractivity contribution in [2.24, 2.45) is 0 Å². The highest BCUT2D eigenvalue weighted by Gasteiger charge is 2.54. The molecule has 2 saturated heterocycles. The van der Waals surface area contributed by atoms with Gasteiger partial charge < -0.3 is 52.1 Å². The van der Waals surface area contributed by atoms with Gasteiger partial charge in [-0.1, -0.05) is 93.4 Å². The Balaban J connectivity index is 2.60. The largest absolute Gasteiger partial charge is 0.379 e. The van der Waals surface area contributed by atoms with Crippen molar-refractivity contribution in [1.29, 1.82) is 0 Å². The Morgan fingerprint density at radius 1 is 0.365 bits per heavy atom. The fourth-order valence-electron chi connectivity index (χ4n) is 6.29. The second kappa shape index (κ2) is 30.7. The van der Waals surface area contributed by atoms with Crippen LogP contribution in [0.25, 0.3) is 0 Å². The average molecular weight is 749 g/mol. The third kappa shape index (κ3) is 17.1. The van der Waals surface area contributed by atoms with E-state index in [1.165, 1.54) is 0 Å². The Morgan fingerprint density at radius 2 is 0.692 bits per heavy atom. The molecule has 0 aromatic carbocycles. The minimum Gasteiger partial charge on any atom is -0.379 e. The molecule has 310 valence electrons. The van der Waals surface area contributed by atoms with Crippen molar-refractivity contribution in [1.82, 2.24) is 0 Å². The molecule has 2 fully saturated rings. The highest BCUT2D eigenvalue weighted by atomic mass is 16.8. The summed E-state index contributed by atoms with van der Waals surface area (Å²) < 4.78 is 72.4. The van der Waals surface area contributed by atoms with Crippen molar-refractivity contribution in [3.05, 3.63) is 0 Å². The summed E-state index contributed by atoms with van der Waals surface area (Å²) >= 11 is 0. The molecule has 11 nitrogen and oxygen atoms in total. The van der Waals surface area contributed by atoms with E-state index in [0.717, 1.165) is 89.9 Å². The van der Waals surface area contributed by atoms with Crippen LogP contribution in [0.2, 0.25) is 0 Å². The predicted octanol–water partition coefficient (Wildman–Crippen LogP) is 8.03. The molecule has 0 aliphatic carbocycles. The summed E-state index contributed by atoms with van der Waals surface area (Å²) in [4.78, 5) is 0. The van der Waals surface area contributed by atoms with Crippen LogP contribution in [0.1, 0.15) is 138 Å². The summed E-state index contributed by atoms with van der Waals surface area (Å²) in [6.07, 6.45) is 8.32. The number of rotatable bonds is 33. The van der Waals surface area contributed by atoms with Crippen molar-refractivity contribution < 1.29 is 52.1 Å². The number of hydrogen-bond donors (Lipinski definition) is 0. The molecule has 2 aliphatic rings. The first-order valence-corrected chi connectivity index (χ1v) is 21.3. The summed E-state index contributed by atoms with van der Waals surface area (Å²) in [6, 6.07) is 0. The highest BCUT2D eigenvalue weighted by molar-refractivity contribution is 4.97. The molecule has 0 bridgehead atoms. The van der Waals surface area contributed by atoms with Gasteiger partial charge in [-0.15, -0.1) is 0 Å². The fraction of sp³-hybridized carbons (Fsp3) is 1.00. The molecular weight excluding hydrogens is 668 g/mol. The van der Waals surface area contributed by atoms with E-state index in [4.69, 9.17) is 52.1 Å². The standard InChI is InChI=1S/C41H80O11/c1-9-16-23-43-30-32-34(45-25-18-11-3)36(46-26-19-12-4)39(49-29-22-15-7)41(51-32)52-35-33(31-44-24-17-10-2)50-40(42-8)38(48-28-21-14-6)37(35)47-27-20-13-5/h32-41H,9-31H2,1-8H3/t32?,33?,34-,35-,36+,37?,38?,39?,40+,41-/m1/s1. The van der Waals surface area contributed by atoms with Crippen LogP contribution in [0.3, 0.4) is 0 Å². The minimum absolute atomic E-state index is 0.316. The molecule has 2 aliphatic heterocycles. The number of hydrogen-bond acceptors (Lipinski definition) is 11. The van der Waals surface area contributed by atoms with Gasteiger partial charge in [-0.2, -0.15) is 0 Å². The molecule has 0 spiro atoms. The van der Waals surface area contributed by atoms with Gasteiger partial charge in [0.05, 0.1) is 13.2 Å². The number of unbranched alkanes of at least 4 members (excludes halogenated alkanes) is 7. The SMILES string of the molecule is CCCCOCC1O[C@H](OC)C(OCCCC)C(OCCCC)[C@@H]1O[C@H]1OC(COCCCC)[C@@H](OCCCC)[C@H](OCCCC)C1OCCCC. The lowest BCUT2D eigenvalue weighted by molar-refractivity contribution is -0.372. The van der Waals surface area contributed by atoms with Crippen LogP contribution < -0.4 is 0 Å². The molecule has 11 heteroatoms. The highest BCUT2D eigenvalue weighted by Crippen LogP contribution is 2.35. The van der Waals surface area contributed by atoms with Crippen molar-refractivity contribution >= 4 is 0 Å². The van der Waals surface area contributed by atoms with E-state index < -0.39 is 55.3 Å². The second-order valence-electron chi connectivity index (χ2n) is 14.2. The summed E-state index contributed by atoms with van der Waals surface area (Å²) in [5.74, 6) is 0. The maximum atomic E-state index is 7.18. The van der Waals surface area contributed by atoms with Crippen LogP contribution in [0, 0.1) is 0 Å². The van der Waals surface area contributed by atoms with Gasteiger partial charge >= 0.3 is 0 Å². The van der Waals surface area contributed by atoms with Crippen LogP contribution in [0.15, 0.2) is 0 Å². The summed E-state index contributed by atoms with van der Waals surface area (Å²) in [5.41, 5.74) is 0. The van der Waals surface area contributed by atoms with E-state index in [1.807, 2.05) is 0 Å². The van der Waals surface area contributed by atoms with E-state index in [1.54, 1.807) is 7.11 Å². The first-order valence-electron chi connectivity index (χ1n) is 21.3. The lowest BCUT2D eigenvalue weighted by Crippen LogP contribution is -2.66. The van der Waals surface area contributed by atoms with Crippen molar-refractivity contribution in [2.75, 3.05) is 66.6 Å². The molecular formula is C41H80O11. The molecule has 52 heavy (non-hydrogen) atoms. The lowest BCUT2D eigenvalue weighted by atomic mass is 9.96. The summed E-state index contributed by atoms with van der Waals surface area (Å²) in [7, 11) is 1.65. The van der Waals surface area contributed by atoms with Crippen LogP contribution in [-0.4, -0.2) is 128 Å². The quantitative estimate of drug-likeness (QED) is 0.0610. The first kappa shape index (κ1) is 47.7. The van der Waals surface area contributed by atoms with Gasteiger partial charge in [-0.25, -0.2) is 0 Å². The van der Waals surface area contributed by atoms with Gasteiger partial charge in [0.25, 0.3) is 0 Å². The molecule has 2 rings (SSSR count). The molecule has 0 N–H and O–H groups in total. The van der Waals surface area contributed by atoms with E-state index in [-0.39, 0.29) is 6.10 Å². The van der Waals surface area contributed by atoms with Crippen molar-refractivity contribution in [3.8, 4) is 0 Å². The fourth-order valence-corrected chi connectivity index (χ4v) is 6.29. The Bertz CT molecular complexity index is 807. The molecule has 0 radical (unpaired) electrons. The molecule has 10 atom stereocenters. The third-order valence-electron chi connectivity index (χ3n) is 9.60. The average Bonchev–Trinajstić information content (AvgIpc) is 3.15. The van der Waals surface area contributed by atoms with E-state index >= 15 is 0 Å². The Hall–Kier alpha value is -0.440. The molecule has 0 saturated carbocycles. The van der Waals surface area contributed by atoms with Crippen molar-refractivity contribution in [3.63, 3.8) is 0 Å². The first-order chi connectivity index (χ1) is 25.5. The predicted molar refractivity (Wildman–Crippen MR) is 204 cm³/mol.